The summed E-state index contributed by atoms with van der Waals surface area (Å²) in [6, 6.07) is 0. The van der Waals surface area contributed by atoms with E-state index in [0.717, 1.165) is 25.9 Å². The summed E-state index contributed by atoms with van der Waals surface area (Å²) in [5.41, 5.74) is -0.410. The summed E-state index contributed by atoms with van der Waals surface area (Å²) in [7, 11) is 0. The number of rotatable bonds is 10. The van der Waals surface area contributed by atoms with Crippen molar-refractivity contribution in [1.29, 1.82) is 0 Å². The molecule has 1 amide bonds. The second kappa shape index (κ2) is 11.1. The van der Waals surface area contributed by atoms with Gasteiger partial charge in [-0.2, -0.15) is 0 Å². The SMILES string of the molecule is CCCCCNCCCCCNC(=O)OC(C)(C)C. The molecule has 0 aliphatic rings. The number of ether oxygens (including phenoxy) is 1. The molecular formula is C15H32N2O2. The van der Waals surface area contributed by atoms with Crippen molar-refractivity contribution in [2.45, 2.75) is 71.8 Å². The van der Waals surface area contributed by atoms with Crippen LogP contribution < -0.4 is 10.6 Å². The van der Waals surface area contributed by atoms with Gasteiger partial charge in [-0.25, -0.2) is 4.79 Å². The lowest BCUT2D eigenvalue weighted by Gasteiger charge is -2.19. The summed E-state index contributed by atoms with van der Waals surface area (Å²) < 4.78 is 5.16. The second-order valence-corrected chi connectivity index (χ2v) is 5.95. The highest BCUT2D eigenvalue weighted by atomic mass is 16.6. The van der Waals surface area contributed by atoms with E-state index in [1.807, 2.05) is 20.8 Å². The summed E-state index contributed by atoms with van der Waals surface area (Å²) >= 11 is 0. The number of hydrogen-bond acceptors (Lipinski definition) is 3. The lowest BCUT2D eigenvalue weighted by molar-refractivity contribution is 0.0527. The zero-order valence-electron chi connectivity index (χ0n) is 13.2. The highest BCUT2D eigenvalue weighted by Gasteiger charge is 2.15. The Morgan fingerprint density at radius 3 is 2.11 bits per heavy atom. The lowest BCUT2D eigenvalue weighted by Crippen LogP contribution is -2.33. The molecule has 114 valence electrons. The highest BCUT2D eigenvalue weighted by molar-refractivity contribution is 5.67. The van der Waals surface area contributed by atoms with E-state index < -0.39 is 5.60 Å². The molecule has 0 aromatic rings. The molecule has 0 heterocycles. The predicted octanol–water partition coefficient (Wildman–Crippen LogP) is 3.46. The van der Waals surface area contributed by atoms with Crippen LogP contribution in [-0.4, -0.2) is 31.3 Å². The number of carbonyl (C=O) groups is 1. The summed E-state index contributed by atoms with van der Waals surface area (Å²) in [4.78, 5) is 11.3. The number of hydrogen-bond donors (Lipinski definition) is 2. The van der Waals surface area contributed by atoms with Gasteiger partial charge in [-0.15, -0.1) is 0 Å². The van der Waals surface area contributed by atoms with E-state index >= 15 is 0 Å². The summed E-state index contributed by atoms with van der Waals surface area (Å²) in [5.74, 6) is 0. The molecule has 0 unspecified atom stereocenters. The first-order valence-electron chi connectivity index (χ1n) is 7.63. The van der Waals surface area contributed by atoms with Crippen molar-refractivity contribution in [2.75, 3.05) is 19.6 Å². The zero-order valence-corrected chi connectivity index (χ0v) is 13.2. The average Bonchev–Trinajstić information content (AvgIpc) is 2.29. The monoisotopic (exact) mass is 272 g/mol. The Kier molecular flexibility index (Phi) is 10.6. The Hall–Kier alpha value is -0.770. The Labute approximate surface area is 118 Å². The Morgan fingerprint density at radius 1 is 0.947 bits per heavy atom. The summed E-state index contributed by atoms with van der Waals surface area (Å²) in [6.45, 7) is 10.7. The molecule has 0 aromatic carbocycles. The molecule has 0 bridgehead atoms. The molecule has 0 fully saturated rings. The third kappa shape index (κ3) is 15.2. The van der Waals surface area contributed by atoms with Gasteiger partial charge in [0.15, 0.2) is 0 Å². The Bertz CT molecular complexity index is 225. The zero-order chi connectivity index (χ0) is 14.6. The van der Waals surface area contributed by atoms with E-state index in [2.05, 4.69) is 17.6 Å². The van der Waals surface area contributed by atoms with Crippen LogP contribution in [0.3, 0.4) is 0 Å². The van der Waals surface area contributed by atoms with Crippen molar-refractivity contribution in [3.05, 3.63) is 0 Å². The molecule has 0 aliphatic heterocycles. The molecule has 19 heavy (non-hydrogen) atoms. The maximum atomic E-state index is 11.3. The standard InChI is InChI=1S/C15H32N2O2/c1-5-6-8-11-16-12-9-7-10-13-17-14(18)19-15(2,3)4/h16H,5-13H2,1-4H3,(H,17,18). The van der Waals surface area contributed by atoms with Crippen LogP contribution in [0.25, 0.3) is 0 Å². The predicted molar refractivity (Wildman–Crippen MR) is 80.5 cm³/mol. The van der Waals surface area contributed by atoms with Crippen LogP contribution in [0.1, 0.15) is 66.2 Å². The van der Waals surface area contributed by atoms with Crippen LogP contribution in [0.4, 0.5) is 4.79 Å². The van der Waals surface area contributed by atoms with Gasteiger partial charge in [0.2, 0.25) is 0 Å². The van der Waals surface area contributed by atoms with Gasteiger partial charge in [-0.1, -0.05) is 26.2 Å². The van der Waals surface area contributed by atoms with Crippen LogP contribution in [0.2, 0.25) is 0 Å². The number of alkyl carbamates (subject to hydrolysis) is 1. The minimum absolute atomic E-state index is 0.315. The fourth-order valence-electron chi connectivity index (χ4n) is 1.68. The van der Waals surface area contributed by atoms with E-state index in [4.69, 9.17) is 4.74 Å². The maximum absolute atomic E-state index is 11.3. The van der Waals surface area contributed by atoms with Crippen molar-refractivity contribution >= 4 is 6.09 Å². The molecule has 0 rings (SSSR count). The van der Waals surface area contributed by atoms with Crippen LogP contribution in [0, 0.1) is 0 Å². The minimum atomic E-state index is -0.410. The van der Waals surface area contributed by atoms with Gasteiger partial charge < -0.3 is 15.4 Å². The third-order valence-electron chi connectivity index (χ3n) is 2.66. The van der Waals surface area contributed by atoms with Gasteiger partial charge >= 0.3 is 6.09 Å². The van der Waals surface area contributed by atoms with E-state index in [1.165, 1.54) is 25.7 Å². The largest absolute Gasteiger partial charge is 0.444 e. The van der Waals surface area contributed by atoms with Crippen molar-refractivity contribution in [1.82, 2.24) is 10.6 Å². The fraction of sp³-hybridized carbons (Fsp3) is 0.933. The third-order valence-corrected chi connectivity index (χ3v) is 2.66. The van der Waals surface area contributed by atoms with E-state index in [-0.39, 0.29) is 6.09 Å². The quantitative estimate of drug-likeness (QED) is 0.599. The first-order valence-corrected chi connectivity index (χ1v) is 7.63. The smallest absolute Gasteiger partial charge is 0.407 e. The highest BCUT2D eigenvalue weighted by Crippen LogP contribution is 2.06. The van der Waals surface area contributed by atoms with Crippen LogP contribution in [0.5, 0.6) is 0 Å². The van der Waals surface area contributed by atoms with Crippen LogP contribution in [-0.2, 0) is 4.74 Å². The van der Waals surface area contributed by atoms with Gasteiger partial charge in [0.25, 0.3) is 0 Å². The topological polar surface area (TPSA) is 50.4 Å². The van der Waals surface area contributed by atoms with Crippen molar-refractivity contribution in [2.24, 2.45) is 0 Å². The van der Waals surface area contributed by atoms with Crippen molar-refractivity contribution < 1.29 is 9.53 Å². The average molecular weight is 272 g/mol. The molecule has 4 nitrogen and oxygen atoms in total. The maximum Gasteiger partial charge on any atom is 0.407 e. The number of unbranched alkanes of at least 4 members (excludes halogenated alkanes) is 4. The van der Waals surface area contributed by atoms with E-state index in [9.17, 15) is 4.79 Å². The van der Waals surface area contributed by atoms with E-state index in [1.54, 1.807) is 0 Å². The fourth-order valence-corrected chi connectivity index (χ4v) is 1.68. The van der Waals surface area contributed by atoms with Gasteiger partial charge in [-0.3, -0.25) is 0 Å². The summed E-state index contributed by atoms with van der Waals surface area (Å²) in [5, 5.41) is 6.22. The van der Waals surface area contributed by atoms with Gasteiger partial charge in [0.1, 0.15) is 5.60 Å². The molecule has 2 N–H and O–H groups in total. The van der Waals surface area contributed by atoms with Crippen LogP contribution in [0.15, 0.2) is 0 Å². The normalized spacial score (nSPS) is 11.4. The molecule has 0 saturated heterocycles. The van der Waals surface area contributed by atoms with Gasteiger partial charge in [0.05, 0.1) is 0 Å². The second-order valence-electron chi connectivity index (χ2n) is 5.95. The number of nitrogens with one attached hydrogen (secondary N) is 2. The molecule has 0 aromatic heterocycles. The Balaban J connectivity index is 3.21. The summed E-state index contributed by atoms with van der Waals surface area (Å²) in [6.07, 6.45) is 6.86. The molecule has 0 spiro atoms. The molecule has 0 radical (unpaired) electrons. The van der Waals surface area contributed by atoms with E-state index in [0.29, 0.717) is 6.54 Å². The number of amides is 1. The van der Waals surface area contributed by atoms with Gasteiger partial charge in [0, 0.05) is 6.54 Å². The minimum Gasteiger partial charge on any atom is -0.444 e. The van der Waals surface area contributed by atoms with Crippen LogP contribution >= 0.6 is 0 Å². The number of carbonyl (C=O) groups excluding carboxylic acids is 1. The molecule has 0 atom stereocenters. The molecule has 4 heteroatoms. The molecule has 0 aliphatic carbocycles. The first kappa shape index (κ1) is 18.2. The van der Waals surface area contributed by atoms with Crippen molar-refractivity contribution in [3.8, 4) is 0 Å². The van der Waals surface area contributed by atoms with Crippen molar-refractivity contribution in [3.63, 3.8) is 0 Å². The first-order chi connectivity index (χ1) is 8.95. The lowest BCUT2D eigenvalue weighted by atomic mass is 10.2. The molecule has 0 saturated carbocycles. The molecular weight excluding hydrogens is 240 g/mol. The van der Waals surface area contributed by atoms with Gasteiger partial charge in [-0.05, 0) is 53.1 Å². The Morgan fingerprint density at radius 2 is 1.53 bits per heavy atom.